The average Bonchev–Trinajstić information content (AvgIpc) is 2.66. The molecule has 0 radical (unpaired) electrons. The zero-order chi connectivity index (χ0) is 15.7. The van der Waals surface area contributed by atoms with Gasteiger partial charge in [-0.1, -0.05) is 17.7 Å². The topological polar surface area (TPSA) is 78.0 Å². The summed E-state index contributed by atoms with van der Waals surface area (Å²) in [7, 11) is 0. The van der Waals surface area contributed by atoms with Crippen LogP contribution in [-0.2, 0) is 6.54 Å². The van der Waals surface area contributed by atoms with E-state index in [4.69, 9.17) is 11.6 Å². The first-order chi connectivity index (χ1) is 9.82. The SMILES string of the molecule is CC(=O)c1c(C)nn(Cc2c(Cl)cccc2[N+](=O)[O-])c1C. The Kier molecular flexibility index (Phi) is 4.09. The van der Waals surface area contributed by atoms with Gasteiger partial charge >= 0.3 is 0 Å². The Morgan fingerprint density at radius 1 is 1.43 bits per heavy atom. The van der Waals surface area contributed by atoms with E-state index in [-0.39, 0.29) is 18.0 Å². The summed E-state index contributed by atoms with van der Waals surface area (Å²) in [6.07, 6.45) is 0. The van der Waals surface area contributed by atoms with E-state index in [0.717, 1.165) is 0 Å². The van der Waals surface area contributed by atoms with Gasteiger partial charge in [0.25, 0.3) is 5.69 Å². The van der Waals surface area contributed by atoms with E-state index in [1.165, 1.54) is 19.1 Å². The quantitative estimate of drug-likeness (QED) is 0.493. The highest BCUT2D eigenvalue weighted by molar-refractivity contribution is 6.31. The highest BCUT2D eigenvalue weighted by Crippen LogP contribution is 2.28. The number of carbonyl (C=O) groups is 1. The summed E-state index contributed by atoms with van der Waals surface area (Å²) in [5.41, 5.74) is 2.15. The van der Waals surface area contributed by atoms with E-state index >= 15 is 0 Å². The Balaban J connectivity index is 2.51. The maximum atomic E-state index is 11.6. The molecule has 2 aromatic rings. The second-order valence-corrected chi connectivity index (χ2v) is 5.16. The number of rotatable bonds is 4. The van der Waals surface area contributed by atoms with Gasteiger partial charge in [-0.25, -0.2) is 0 Å². The predicted molar refractivity (Wildman–Crippen MR) is 78.9 cm³/mol. The van der Waals surface area contributed by atoms with Gasteiger partial charge in [-0.3, -0.25) is 19.6 Å². The van der Waals surface area contributed by atoms with E-state index in [0.29, 0.717) is 27.5 Å². The molecule has 0 fully saturated rings. The molecule has 1 aromatic carbocycles. The summed E-state index contributed by atoms with van der Waals surface area (Å²) in [5.74, 6) is -0.0788. The van der Waals surface area contributed by atoms with Gasteiger partial charge in [-0.15, -0.1) is 0 Å². The number of Topliss-reactive ketones (excluding diaryl/α,β-unsaturated/α-hetero) is 1. The number of hydrogen-bond acceptors (Lipinski definition) is 4. The Bertz CT molecular complexity index is 737. The molecule has 0 aliphatic carbocycles. The van der Waals surface area contributed by atoms with Crippen molar-refractivity contribution in [3.8, 4) is 0 Å². The summed E-state index contributed by atoms with van der Waals surface area (Å²) in [6.45, 7) is 5.12. The molecule has 0 saturated heterocycles. The van der Waals surface area contributed by atoms with Gasteiger partial charge in [0.1, 0.15) is 0 Å². The van der Waals surface area contributed by atoms with Gasteiger partial charge in [-0.05, 0) is 26.8 Å². The molecule has 0 amide bonds. The third-order valence-electron chi connectivity index (χ3n) is 3.33. The zero-order valence-corrected chi connectivity index (χ0v) is 12.6. The minimum Gasteiger partial charge on any atom is -0.294 e. The maximum Gasteiger partial charge on any atom is 0.275 e. The van der Waals surface area contributed by atoms with Crippen LogP contribution in [-0.4, -0.2) is 20.5 Å². The molecule has 1 heterocycles. The van der Waals surface area contributed by atoms with Gasteiger partial charge in [0.05, 0.1) is 33.3 Å². The molecule has 0 N–H and O–H groups in total. The lowest BCUT2D eigenvalue weighted by Crippen LogP contribution is -2.08. The van der Waals surface area contributed by atoms with Crippen LogP contribution in [0.3, 0.4) is 0 Å². The largest absolute Gasteiger partial charge is 0.294 e. The van der Waals surface area contributed by atoms with Crippen molar-refractivity contribution in [3.63, 3.8) is 0 Å². The van der Waals surface area contributed by atoms with Crippen molar-refractivity contribution in [2.24, 2.45) is 0 Å². The van der Waals surface area contributed by atoms with Crippen LogP contribution in [0.1, 0.15) is 34.2 Å². The van der Waals surface area contributed by atoms with Crippen LogP contribution in [0.2, 0.25) is 5.02 Å². The molecule has 0 bridgehead atoms. The summed E-state index contributed by atoms with van der Waals surface area (Å²) in [5, 5.41) is 15.7. The van der Waals surface area contributed by atoms with E-state index in [1.54, 1.807) is 24.6 Å². The normalized spacial score (nSPS) is 10.7. The summed E-state index contributed by atoms with van der Waals surface area (Å²) in [4.78, 5) is 22.2. The van der Waals surface area contributed by atoms with Gasteiger partial charge in [0.15, 0.2) is 5.78 Å². The Labute approximate surface area is 126 Å². The highest BCUT2D eigenvalue weighted by atomic mass is 35.5. The van der Waals surface area contributed by atoms with Crippen molar-refractivity contribution in [1.82, 2.24) is 9.78 Å². The lowest BCUT2D eigenvalue weighted by atomic mass is 10.1. The van der Waals surface area contributed by atoms with Crippen molar-refractivity contribution in [2.75, 3.05) is 0 Å². The summed E-state index contributed by atoms with van der Waals surface area (Å²) in [6, 6.07) is 4.53. The third-order valence-corrected chi connectivity index (χ3v) is 3.69. The van der Waals surface area contributed by atoms with Crippen molar-refractivity contribution in [1.29, 1.82) is 0 Å². The number of halogens is 1. The number of aryl methyl sites for hydroxylation is 1. The second kappa shape index (κ2) is 5.65. The number of nitro benzene ring substituents is 1. The minimum absolute atomic E-state index is 0.0561. The number of hydrogen-bond donors (Lipinski definition) is 0. The van der Waals surface area contributed by atoms with Crippen molar-refractivity contribution < 1.29 is 9.72 Å². The lowest BCUT2D eigenvalue weighted by molar-refractivity contribution is -0.385. The minimum atomic E-state index is -0.473. The standard InChI is InChI=1S/C14H14ClN3O3/c1-8-14(10(3)19)9(2)17(16-8)7-11-12(15)5-4-6-13(11)18(20)21/h4-6H,7H2,1-3H3. The zero-order valence-electron chi connectivity index (χ0n) is 11.9. The molecule has 1 aromatic heterocycles. The van der Waals surface area contributed by atoms with Crippen molar-refractivity contribution in [2.45, 2.75) is 27.3 Å². The van der Waals surface area contributed by atoms with Crippen LogP contribution >= 0.6 is 11.6 Å². The fourth-order valence-corrected chi connectivity index (χ4v) is 2.61. The average molecular weight is 308 g/mol. The Morgan fingerprint density at radius 3 is 2.62 bits per heavy atom. The van der Waals surface area contributed by atoms with Crippen molar-refractivity contribution >= 4 is 23.1 Å². The smallest absolute Gasteiger partial charge is 0.275 e. The van der Waals surface area contributed by atoms with E-state index in [2.05, 4.69) is 5.10 Å². The first kappa shape index (κ1) is 15.2. The number of ketones is 1. The molecular weight excluding hydrogens is 294 g/mol. The van der Waals surface area contributed by atoms with E-state index < -0.39 is 4.92 Å². The van der Waals surface area contributed by atoms with Gasteiger partial charge in [-0.2, -0.15) is 5.10 Å². The van der Waals surface area contributed by atoms with Crippen LogP contribution in [0.5, 0.6) is 0 Å². The van der Waals surface area contributed by atoms with Gasteiger partial charge < -0.3 is 0 Å². The summed E-state index contributed by atoms with van der Waals surface area (Å²) >= 11 is 6.07. The van der Waals surface area contributed by atoms with E-state index in [9.17, 15) is 14.9 Å². The Morgan fingerprint density at radius 2 is 2.10 bits per heavy atom. The van der Waals surface area contributed by atoms with Crippen LogP contribution < -0.4 is 0 Å². The first-order valence-electron chi connectivity index (χ1n) is 6.29. The molecular formula is C14H14ClN3O3. The number of nitrogens with zero attached hydrogens (tertiary/aromatic N) is 3. The first-order valence-corrected chi connectivity index (χ1v) is 6.67. The van der Waals surface area contributed by atoms with Crippen LogP contribution in [0.4, 0.5) is 5.69 Å². The molecule has 21 heavy (non-hydrogen) atoms. The fourth-order valence-electron chi connectivity index (χ4n) is 2.38. The molecule has 6 nitrogen and oxygen atoms in total. The summed E-state index contributed by atoms with van der Waals surface area (Å²) < 4.78 is 1.57. The molecule has 110 valence electrons. The van der Waals surface area contributed by atoms with Crippen LogP contribution in [0.25, 0.3) is 0 Å². The predicted octanol–water partition coefficient (Wildman–Crippen LogP) is 3.31. The second-order valence-electron chi connectivity index (χ2n) is 4.75. The molecule has 0 spiro atoms. The van der Waals surface area contributed by atoms with Crippen LogP contribution in [0.15, 0.2) is 18.2 Å². The van der Waals surface area contributed by atoms with Gasteiger partial charge in [0, 0.05) is 11.8 Å². The molecule has 7 heteroatoms. The molecule has 2 rings (SSSR count). The lowest BCUT2D eigenvalue weighted by Gasteiger charge is -2.07. The van der Waals surface area contributed by atoms with Crippen LogP contribution in [0, 0.1) is 24.0 Å². The number of benzene rings is 1. The molecule has 0 aliphatic rings. The third kappa shape index (κ3) is 2.80. The van der Waals surface area contributed by atoms with Crippen molar-refractivity contribution in [3.05, 3.63) is 55.9 Å². The molecule has 0 atom stereocenters. The fraction of sp³-hybridized carbons (Fsp3) is 0.286. The number of carbonyl (C=O) groups excluding carboxylic acids is 1. The molecule has 0 unspecified atom stereocenters. The van der Waals surface area contributed by atoms with E-state index in [1.807, 2.05) is 0 Å². The Hall–Kier alpha value is -2.21. The number of aromatic nitrogens is 2. The molecule has 0 aliphatic heterocycles. The number of nitro groups is 1. The molecule has 0 saturated carbocycles. The monoisotopic (exact) mass is 307 g/mol. The maximum absolute atomic E-state index is 11.6. The highest BCUT2D eigenvalue weighted by Gasteiger charge is 2.20. The van der Waals surface area contributed by atoms with Gasteiger partial charge in [0.2, 0.25) is 0 Å².